The average molecular weight is 292 g/mol. The fraction of sp³-hybridized carbons (Fsp3) is 0.385. The van der Waals surface area contributed by atoms with Gasteiger partial charge in [-0.2, -0.15) is 4.98 Å². The number of halogens is 1. The maximum Gasteiger partial charge on any atom is 0.294 e. The standard InChI is InChI=1S/C13H14ClN5O/c1-18-13(14)16-11(17-18)12(20)19-7-3-5-10(19)9-4-2-6-15-8-9/h2,4,6,8,10H,3,5,7H2,1H3. The molecule has 1 unspecified atom stereocenters. The topological polar surface area (TPSA) is 63.9 Å². The number of carbonyl (C=O) groups is 1. The molecule has 3 rings (SSSR count). The van der Waals surface area contributed by atoms with Gasteiger partial charge in [0, 0.05) is 26.0 Å². The first kappa shape index (κ1) is 13.1. The molecular weight excluding hydrogens is 278 g/mol. The van der Waals surface area contributed by atoms with E-state index in [0.29, 0.717) is 6.54 Å². The number of pyridine rings is 1. The molecule has 1 saturated heterocycles. The molecule has 1 amide bonds. The molecule has 0 spiro atoms. The predicted molar refractivity (Wildman–Crippen MR) is 73.3 cm³/mol. The number of likely N-dealkylation sites (tertiary alicyclic amines) is 1. The first-order chi connectivity index (χ1) is 9.66. The summed E-state index contributed by atoms with van der Waals surface area (Å²) in [4.78, 5) is 22.4. The first-order valence-electron chi connectivity index (χ1n) is 6.44. The van der Waals surface area contributed by atoms with Crippen molar-refractivity contribution >= 4 is 17.5 Å². The lowest BCUT2D eigenvalue weighted by molar-refractivity contribution is 0.0723. The number of rotatable bonds is 2. The molecule has 1 aliphatic heterocycles. The van der Waals surface area contributed by atoms with Crippen molar-refractivity contribution in [2.75, 3.05) is 6.54 Å². The van der Waals surface area contributed by atoms with Crippen LogP contribution in [-0.4, -0.2) is 37.1 Å². The number of carbonyl (C=O) groups excluding carboxylic acids is 1. The third-order valence-corrected chi connectivity index (χ3v) is 3.81. The van der Waals surface area contributed by atoms with Gasteiger partial charge in [0.25, 0.3) is 5.91 Å². The molecule has 2 aromatic heterocycles. The van der Waals surface area contributed by atoms with Gasteiger partial charge < -0.3 is 4.90 Å². The van der Waals surface area contributed by atoms with E-state index in [1.165, 1.54) is 4.68 Å². The van der Waals surface area contributed by atoms with Crippen LogP contribution in [0.2, 0.25) is 5.28 Å². The summed E-state index contributed by atoms with van der Waals surface area (Å²) in [5.41, 5.74) is 1.04. The minimum Gasteiger partial charge on any atom is -0.329 e. The Hall–Kier alpha value is -1.95. The zero-order valence-electron chi connectivity index (χ0n) is 11.0. The normalized spacial score (nSPS) is 18.5. The van der Waals surface area contributed by atoms with Gasteiger partial charge in [-0.25, -0.2) is 4.68 Å². The molecule has 6 nitrogen and oxygen atoms in total. The van der Waals surface area contributed by atoms with E-state index < -0.39 is 0 Å². The molecule has 1 aliphatic rings. The molecule has 0 radical (unpaired) electrons. The lowest BCUT2D eigenvalue weighted by Gasteiger charge is -2.23. The smallest absolute Gasteiger partial charge is 0.294 e. The van der Waals surface area contributed by atoms with Crippen molar-refractivity contribution in [2.24, 2.45) is 7.05 Å². The Morgan fingerprint density at radius 1 is 1.50 bits per heavy atom. The maximum absolute atomic E-state index is 12.5. The molecule has 1 fully saturated rings. The van der Waals surface area contributed by atoms with E-state index >= 15 is 0 Å². The van der Waals surface area contributed by atoms with Gasteiger partial charge in [0.2, 0.25) is 11.1 Å². The van der Waals surface area contributed by atoms with Crippen molar-refractivity contribution in [3.8, 4) is 0 Å². The molecule has 0 bridgehead atoms. The SMILES string of the molecule is Cn1nc(C(=O)N2CCCC2c2cccnc2)nc1Cl. The highest BCUT2D eigenvalue weighted by Crippen LogP contribution is 2.32. The number of hydrogen-bond donors (Lipinski definition) is 0. The predicted octanol–water partition coefficient (Wildman–Crippen LogP) is 1.84. The van der Waals surface area contributed by atoms with Crippen LogP contribution < -0.4 is 0 Å². The molecule has 2 aromatic rings. The molecule has 0 aromatic carbocycles. The quantitative estimate of drug-likeness (QED) is 0.847. The van der Waals surface area contributed by atoms with Crippen molar-refractivity contribution in [2.45, 2.75) is 18.9 Å². The summed E-state index contributed by atoms with van der Waals surface area (Å²) in [6.45, 7) is 0.703. The summed E-state index contributed by atoms with van der Waals surface area (Å²) in [5, 5.41) is 4.26. The zero-order chi connectivity index (χ0) is 14.1. The van der Waals surface area contributed by atoms with Crippen LogP contribution in [0.5, 0.6) is 0 Å². The fourth-order valence-electron chi connectivity index (χ4n) is 2.51. The van der Waals surface area contributed by atoms with E-state index in [9.17, 15) is 4.79 Å². The number of nitrogens with zero attached hydrogens (tertiary/aromatic N) is 5. The van der Waals surface area contributed by atoms with Gasteiger partial charge in [0.15, 0.2) is 0 Å². The zero-order valence-corrected chi connectivity index (χ0v) is 11.8. The second kappa shape index (κ2) is 5.20. The maximum atomic E-state index is 12.5. The third-order valence-electron chi connectivity index (χ3n) is 3.48. The van der Waals surface area contributed by atoms with E-state index in [1.807, 2.05) is 12.1 Å². The largest absolute Gasteiger partial charge is 0.329 e. The summed E-state index contributed by atoms with van der Waals surface area (Å²) in [6.07, 6.45) is 5.42. The summed E-state index contributed by atoms with van der Waals surface area (Å²) < 4.78 is 1.39. The summed E-state index contributed by atoms with van der Waals surface area (Å²) in [6, 6.07) is 3.91. The highest BCUT2D eigenvalue weighted by Gasteiger charge is 2.32. The van der Waals surface area contributed by atoms with E-state index in [-0.39, 0.29) is 23.1 Å². The monoisotopic (exact) mass is 291 g/mol. The van der Waals surface area contributed by atoms with Crippen molar-refractivity contribution in [1.82, 2.24) is 24.6 Å². The molecule has 104 valence electrons. The molecule has 0 N–H and O–H groups in total. The Bertz CT molecular complexity index is 607. The molecule has 1 atom stereocenters. The van der Waals surface area contributed by atoms with Gasteiger partial charge in [-0.15, -0.1) is 5.10 Å². The Morgan fingerprint density at radius 3 is 3.00 bits per heavy atom. The Kier molecular flexibility index (Phi) is 3.40. The fourth-order valence-corrected chi connectivity index (χ4v) is 2.63. The van der Waals surface area contributed by atoms with Crippen molar-refractivity contribution in [3.63, 3.8) is 0 Å². The van der Waals surface area contributed by atoms with Crippen LogP contribution in [0.4, 0.5) is 0 Å². The van der Waals surface area contributed by atoms with E-state index in [1.54, 1.807) is 24.3 Å². The van der Waals surface area contributed by atoms with Crippen molar-refractivity contribution in [3.05, 3.63) is 41.2 Å². The minimum absolute atomic E-state index is 0.0405. The van der Waals surface area contributed by atoms with E-state index in [4.69, 9.17) is 11.6 Å². The van der Waals surface area contributed by atoms with Gasteiger partial charge in [-0.3, -0.25) is 9.78 Å². The highest BCUT2D eigenvalue weighted by molar-refractivity contribution is 6.28. The van der Waals surface area contributed by atoms with Crippen LogP contribution in [0.1, 0.15) is 35.1 Å². The summed E-state index contributed by atoms with van der Waals surface area (Å²) in [7, 11) is 1.66. The number of hydrogen-bond acceptors (Lipinski definition) is 4. The van der Waals surface area contributed by atoms with Gasteiger partial charge >= 0.3 is 0 Å². The average Bonchev–Trinajstić information content (AvgIpc) is 3.07. The molecule has 0 saturated carbocycles. The van der Waals surface area contributed by atoms with Gasteiger partial charge in [-0.1, -0.05) is 6.07 Å². The van der Waals surface area contributed by atoms with Crippen LogP contribution in [-0.2, 0) is 7.05 Å². The van der Waals surface area contributed by atoms with Crippen molar-refractivity contribution < 1.29 is 4.79 Å². The molecular formula is C13H14ClN5O. The number of aryl methyl sites for hydroxylation is 1. The molecule has 7 heteroatoms. The van der Waals surface area contributed by atoms with Crippen LogP contribution >= 0.6 is 11.6 Å². The van der Waals surface area contributed by atoms with Crippen LogP contribution in [0.15, 0.2) is 24.5 Å². The lowest BCUT2D eigenvalue weighted by atomic mass is 10.1. The molecule has 20 heavy (non-hydrogen) atoms. The van der Waals surface area contributed by atoms with Gasteiger partial charge in [-0.05, 0) is 36.1 Å². The van der Waals surface area contributed by atoms with E-state index in [0.717, 1.165) is 18.4 Å². The summed E-state index contributed by atoms with van der Waals surface area (Å²) in [5.74, 6) is -0.0351. The Morgan fingerprint density at radius 2 is 2.35 bits per heavy atom. The second-order valence-corrected chi connectivity index (χ2v) is 5.11. The third kappa shape index (κ3) is 2.27. The van der Waals surface area contributed by atoms with E-state index in [2.05, 4.69) is 15.1 Å². The summed E-state index contributed by atoms with van der Waals surface area (Å²) >= 11 is 5.84. The number of amides is 1. The van der Waals surface area contributed by atoms with Crippen LogP contribution in [0.3, 0.4) is 0 Å². The molecule has 3 heterocycles. The second-order valence-electron chi connectivity index (χ2n) is 4.77. The number of aromatic nitrogens is 4. The van der Waals surface area contributed by atoms with Crippen molar-refractivity contribution in [1.29, 1.82) is 0 Å². The Labute approximate surface area is 121 Å². The molecule has 0 aliphatic carbocycles. The minimum atomic E-state index is -0.182. The Balaban J connectivity index is 1.87. The van der Waals surface area contributed by atoms with Crippen LogP contribution in [0, 0.1) is 0 Å². The first-order valence-corrected chi connectivity index (χ1v) is 6.82. The van der Waals surface area contributed by atoms with Gasteiger partial charge in [0.1, 0.15) is 0 Å². The van der Waals surface area contributed by atoms with Crippen LogP contribution in [0.25, 0.3) is 0 Å². The lowest BCUT2D eigenvalue weighted by Crippen LogP contribution is -2.31. The highest BCUT2D eigenvalue weighted by atomic mass is 35.5. The van der Waals surface area contributed by atoms with Gasteiger partial charge in [0.05, 0.1) is 6.04 Å².